The van der Waals surface area contributed by atoms with E-state index in [1.807, 2.05) is 12.1 Å². The molecule has 0 atom stereocenters. The number of fused-ring (bicyclic) bond motifs is 1. The van der Waals surface area contributed by atoms with Crippen LogP contribution >= 0.6 is 0 Å². The molecule has 2 rings (SSSR count). The minimum atomic E-state index is 0.0918. The fraction of sp³-hybridized carbons (Fsp3) is 0.357. The summed E-state index contributed by atoms with van der Waals surface area (Å²) in [6, 6.07) is 8.15. The SMILES string of the molecule is CC(C)(C)c1ccc2c(c1)CC(C#N)=C(N)O2. The van der Waals surface area contributed by atoms with Gasteiger partial charge in [0, 0.05) is 12.0 Å². The van der Waals surface area contributed by atoms with Crippen molar-refractivity contribution >= 4 is 0 Å². The Bertz CT molecular complexity index is 530. The zero-order valence-electron chi connectivity index (χ0n) is 10.4. The Balaban J connectivity index is 2.43. The van der Waals surface area contributed by atoms with Crippen molar-refractivity contribution in [2.24, 2.45) is 5.73 Å². The van der Waals surface area contributed by atoms with Gasteiger partial charge in [-0.1, -0.05) is 32.9 Å². The largest absolute Gasteiger partial charge is 0.440 e. The summed E-state index contributed by atoms with van der Waals surface area (Å²) >= 11 is 0. The second-order valence-electron chi connectivity index (χ2n) is 5.31. The van der Waals surface area contributed by atoms with Crippen molar-refractivity contribution in [3.8, 4) is 11.8 Å². The molecule has 3 heteroatoms. The second kappa shape index (κ2) is 3.81. The molecule has 0 amide bonds. The highest BCUT2D eigenvalue weighted by molar-refractivity contribution is 5.47. The van der Waals surface area contributed by atoms with Gasteiger partial charge in [-0.25, -0.2) is 0 Å². The molecule has 1 aromatic carbocycles. The van der Waals surface area contributed by atoms with Gasteiger partial charge in [0.15, 0.2) is 0 Å². The molecule has 1 aliphatic rings. The van der Waals surface area contributed by atoms with Gasteiger partial charge in [-0.05, 0) is 17.0 Å². The number of hydrogen-bond donors (Lipinski definition) is 1. The predicted octanol–water partition coefficient (Wildman–Crippen LogP) is 2.61. The van der Waals surface area contributed by atoms with Gasteiger partial charge in [-0.15, -0.1) is 0 Å². The molecule has 0 radical (unpaired) electrons. The van der Waals surface area contributed by atoms with E-state index in [0.717, 1.165) is 11.3 Å². The second-order valence-corrected chi connectivity index (χ2v) is 5.31. The van der Waals surface area contributed by atoms with Crippen LogP contribution in [0.5, 0.6) is 5.75 Å². The van der Waals surface area contributed by atoms with Crippen molar-refractivity contribution < 1.29 is 4.74 Å². The van der Waals surface area contributed by atoms with E-state index in [0.29, 0.717) is 12.0 Å². The summed E-state index contributed by atoms with van der Waals surface area (Å²) in [5, 5.41) is 8.95. The highest BCUT2D eigenvalue weighted by Gasteiger charge is 2.21. The number of nitrogens with two attached hydrogens (primary N) is 1. The van der Waals surface area contributed by atoms with Crippen LogP contribution in [0.15, 0.2) is 29.7 Å². The van der Waals surface area contributed by atoms with E-state index in [1.54, 1.807) is 0 Å². The number of hydrogen-bond acceptors (Lipinski definition) is 3. The van der Waals surface area contributed by atoms with Crippen molar-refractivity contribution in [2.45, 2.75) is 32.6 Å². The molecular formula is C14H16N2O. The van der Waals surface area contributed by atoms with Crippen LogP contribution < -0.4 is 10.5 Å². The van der Waals surface area contributed by atoms with E-state index < -0.39 is 0 Å². The van der Waals surface area contributed by atoms with Gasteiger partial charge in [0.1, 0.15) is 11.8 Å². The van der Waals surface area contributed by atoms with Gasteiger partial charge in [0.2, 0.25) is 5.88 Å². The van der Waals surface area contributed by atoms with Crippen LogP contribution in [0.1, 0.15) is 31.9 Å². The minimum Gasteiger partial charge on any atom is -0.440 e. The highest BCUT2D eigenvalue weighted by Crippen LogP contribution is 2.32. The van der Waals surface area contributed by atoms with Gasteiger partial charge < -0.3 is 10.5 Å². The Morgan fingerprint density at radius 1 is 1.35 bits per heavy atom. The zero-order chi connectivity index (χ0) is 12.6. The number of rotatable bonds is 0. The number of allylic oxidation sites excluding steroid dienone is 1. The van der Waals surface area contributed by atoms with Crippen LogP contribution in [0.2, 0.25) is 0 Å². The predicted molar refractivity (Wildman–Crippen MR) is 66.3 cm³/mol. The molecule has 0 fully saturated rings. The van der Waals surface area contributed by atoms with Crippen LogP contribution in [0.25, 0.3) is 0 Å². The molecule has 0 unspecified atom stereocenters. The monoisotopic (exact) mass is 228 g/mol. The summed E-state index contributed by atoms with van der Waals surface area (Å²) in [6.45, 7) is 6.48. The molecule has 0 saturated carbocycles. The third kappa shape index (κ3) is 2.12. The standard InChI is InChI=1S/C14H16N2O/c1-14(2,3)11-4-5-12-9(7-11)6-10(8-15)13(16)17-12/h4-5,7H,6,16H2,1-3H3. The maximum Gasteiger partial charge on any atom is 0.205 e. The lowest BCUT2D eigenvalue weighted by Crippen LogP contribution is -2.18. The zero-order valence-corrected chi connectivity index (χ0v) is 10.4. The molecule has 0 saturated heterocycles. The first kappa shape index (κ1) is 11.5. The number of nitrogens with zero attached hydrogens (tertiary/aromatic N) is 1. The Morgan fingerprint density at radius 3 is 2.65 bits per heavy atom. The van der Waals surface area contributed by atoms with Crippen molar-refractivity contribution in [2.75, 3.05) is 0 Å². The van der Waals surface area contributed by atoms with Gasteiger partial charge in [-0.3, -0.25) is 0 Å². The normalized spacial score (nSPS) is 14.9. The molecule has 2 N–H and O–H groups in total. The summed E-state index contributed by atoms with van der Waals surface area (Å²) < 4.78 is 5.44. The molecule has 1 heterocycles. The Hall–Kier alpha value is -1.95. The van der Waals surface area contributed by atoms with E-state index >= 15 is 0 Å². The topological polar surface area (TPSA) is 59.0 Å². The van der Waals surface area contributed by atoms with E-state index in [-0.39, 0.29) is 11.3 Å². The van der Waals surface area contributed by atoms with Crippen LogP contribution in [-0.4, -0.2) is 0 Å². The Labute approximate surface area is 102 Å². The summed E-state index contributed by atoms with van der Waals surface area (Å²) in [5.74, 6) is 0.984. The molecule has 1 aliphatic heterocycles. The van der Waals surface area contributed by atoms with Crippen LogP contribution in [0.4, 0.5) is 0 Å². The van der Waals surface area contributed by atoms with Crippen molar-refractivity contribution in [1.82, 2.24) is 0 Å². The molecule has 0 aromatic heterocycles. The Kier molecular flexibility index (Phi) is 2.59. The fourth-order valence-corrected chi connectivity index (χ4v) is 1.84. The maximum absolute atomic E-state index is 8.95. The van der Waals surface area contributed by atoms with Crippen LogP contribution in [-0.2, 0) is 11.8 Å². The first-order valence-electron chi connectivity index (χ1n) is 5.62. The number of benzene rings is 1. The quantitative estimate of drug-likeness (QED) is 0.742. The lowest BCUT2D eigenvalue weighted by atomic mass is 9.85. The van der Waals surface area contributed by atoms with E-state index in [2.05, 4.69) is 32.9 Å². The van der Waals surface area contributed by atoms with Crippen molar-refractivity contribution in [3.63, 3.8) is 0 Å². The van der Waals surface area contributed by atoms with E-state index in [4.69, 9.17) is 15.7 Å². The van der Waals surface area contributed by atoms with Crippen molar-refractivity contribution in [3.05, 3.63) is 40.8 Å². The summed E-state index contributed by atoms with van der Waals surface area (Å²) in [5.41, 5.74) is 8.52. The van der Waals surface area contributed by atoms with Gasteiger partial charge >= 0.3 is 0 Å². The summed E-state index contributed by atoms with van der Waals surface area (Å²) in [4.78, 5) is 0. The molecule has 3 nitrogen and oxygen atoms in total. The number of ether oxygens (including phenoxy) is 1. The fourth-order valence-electron chi connectivity index (χ4n) is 1.84. The van der Waals surface area contributed by atoms with Crippen LogP contribution in [0.3, 0.4) is 0 Å². The van der Waals surface area contributed by atoms with Gasteiger partial charge in [-0.2, -0.15) is 5.26 Å². The summed E-state index contributed by atoms with van der Waals surface area (Å²) in [7, 11) is 0. The lowest BCUT2D eigenvalue weighted by molar-refractivity contribution is 0.398. The van der Waals surface area contributed by atoms with Crippen molar-refractivity contribution in [1.29, 1.82) is 5.26 Å². The van der Waals surface area contributed by atoms with Gasteiger partial charge in [0.25, 0.3) is 0 Å². The lowest BCUT2D eigenvalue weighted by Gasteiger charge is -2.23. The smallest absolute Gasteiger partial charge is 0.205 e. The number of nitriles is 1. The van der Waals surface area contributed by atoms with E-state index in [9.17, 15) is 0 Å². The average Bonchev–Trinajstić information content (AvgIpc) is 2.26. The molecule has 88 valence electrons. The maximum atomic E-state index is 8.95. The molecule has 1 aromatic rings. The van der Waals surface area contributed by atoms with E-state index in [1.165, 1.54) is 5.56 Å². The van der Waals surface area contributed by atoms with Crippen LogP contribution in [0, 0.1) is 11.3 Å². The first-order chi connectivity index (χ1) is 7.91. The van der Waals surface area contributed by atoms with Gasteiger partial charge in [0.05, 0.1) is 5.57 Å². The highest BCUT2D eigenvalue weighted by atomic mass is 16.5. The molecular weight excluding hydrogens is 212 g/mol. The molecule has 17 heavy (non-hydrogen) atoms. The Morgan fingerprint density at radius 2 is 2.06 bits per heavy atom. The summed E-state index contributed by atoms with van der Waals surface area (Å²) in [6.07, 6.45) is 0.557. The average molecular weight is 228 g/mol. The molecule has 0 bridgehead atoms. The third-order valence-corrected chi connectivity index (χ3v) is 2.95. The third-order valence-electron chi connectivity index (χ3n) is 2.95. The first-order valence-corrected chi connectivity index (χ1v) is 5.62. The molecule has 0 spiro atoms. The molecule has 0 aliphatic carbocycles. The minimum absolute atomic E-state index is 0.0918.